The van der Waals surface area contributed by atoms with E-state index in [-0.39, 0.29) is 18.4 Å². The largest absolute Gasteiger partial charge is 0.481 e. The zero-order valence-electron chi connectivity index (χ0n) is 5.49. The minimum Gasteiger partial charge on any atom is -0.481 e. The fourth-order valence-electron chi connectivity index (χ4n) is 1.05. The summed E-state index contributed by atoms with van der Waals surface area (Å²) in [6, 6.07) is 0. The van der Waals surface area contributed by atoms with Gasteiger partial charge in [0.15, 0.2) is 0 Å². The van der Waals surface area contributed by atoms with Crippen LogP contribution in [0.1, 0.15) is 0 Å². The molecule has 10 heavy (non-hydrogen) atoms. The number of aliphatic hydroxyl groups is 1. The first kappa shape index (κ1) is 7.88. The van der Waals surface area contributed by atoms with Gasteiger partial charge in [-0.25, -0.2) is 0 Å². The van der Waals surface area contributed by atoms with E-state index in [1.54, 1.807) is 11.8 Å². The minimum atomic E-state index is -0.774. The summed E-state index contributed by atoms with van der Waals surface area (Å²) in [5, 5.41) is 17.3. The van der Waals surface area contributed by atoms with Crippen LogP contribution in [0.25, 0.3) is 0 Å². The SMILES string of the molecule is O=C(O)[C@@H]1CSC[C@H]1CO. The number of aliphatic carboxylic acids is 1. The monoisotopic (exact) mass is 162 g/mol. The molecule has 0 aromatic carbocycles. The van der Waals surface area contributed by atoms with E-state index >= 15 is 0 Å². The number of carboxylic acid groups (broad SMARTS) is 1. The summed E-state index contributed by atoms with van der Waals surface area (Å²) < 4.78 is 0. The Morgan fingerprint density at radius 1 is 1.60 bits per heavy atom. The first-order valence-corrected chi connectivity index (χ1v) is 4.32. The van der Waals surface area contributed by atoms with Gasteiger partial charge in [0.05, 0.1) is 5.92 Å². The molecule has 1 aliphatic heterocycles. The van der Waals surface area contributed by atoms with Gasteiger partial charge >= 0.3 is 5.97 Å². The Kier molecular flexibility index (Phi) is 2.56. The van der Waals surface area contributed by atoms with E-state index in [0.29, 0.717) is 5.75 Å². The molecule has 0 aliphatic carbocycles. The summed E-state index contributed by atoms with van der Waals surface area (Å²) in [5.74, 6) is 0.315. The average molecular weight is 162 g/mol. The Morgan fingerprint density at radius 3 is 2.70 bits per heavy atom. The van der Waals surface area contributed by atoms with Crippen molar-refractivity contribution in [3.05, 3.63) is 0 Å². The zero-order chi connectivity index (χ0) is 7.56. The standard InChI is InChI=1S/C6H10O3S/c7-1-4-2-10-3-5(4)6(8)9/h4-5,7H,1-3H2,(H,8,9)/t4-,5-/m1/s1. The maximum Gasteiger partial charge on any atom is 0.307 e. The molecule has 2 atom stereocenters. The molecule has 0 saturated carbocycles. The highest BCUT2D eigenvalue weighted by Gasteiger charge is 2.32. The van der Waals surface area contributed by atoms with Crippen molar-refractivity contribution in [2.24, 2.45) is 11.8 Å². The molecule has 1 heterocycles. The molecule has 4 heteroatoms. The van der Waals surface area contributed by atoms with Crippen LogP contribution in [0.2, 0.25) is 0 Å². The van der Waals surface area contributed by atoms with Crippen molar-refractivity contribution in [1.29, 1.82) is 0 Å². The quantitative estimate of drug-likeness (QED) is 0.602. The van der Waals surface area contributed by atoms with Gasteiger partial charge in [0, 0.05) is 18.3 Å². The molecule has 0 radical (unpaired) electrons. The lowest BCUT2D eigenvalue weighted by atomic mass is 9.97. The summed E-state index contributed by atoms with van der Waals surface area (Å²) >= 11 is 1.60. The van der Waals surface area contributed by atoms with Crippen molar-refractivity contribution in [1.82, 2.24) is 0 Å². The third kappa shape index (κ3) is 1.44. The maximum atomic E-state index is 10.4. The number of hydrogen-bond acceptors (Lipinski definition) is 3. The molecule has 1 aliphatic rings. The summed E-state index contributed by atoms with van der Waals surface area (Å²) in [4.78, 5) is 10.4. The predicted octanol–water partition coefficient (Wildman–Crippen LogP) is 0.0425. The van der Waals surface area contributed by atoms with Gasteiger partial charge in [0.25, 0.3) is 0 Å². The minimum absolute atomic E-state index is 0.00394. The Labute approximate surface area is 63.4 Å². The first-order chi connectivity index (χ1) is 4.75. The van der Waals surface area contributed by atoms with Crippen molar-refractivity contribution in [2.75, 3.05) is 18.1 Å². The molecule has 2 N–H and O–H groups in total. The number of carbonyl (C=O) groups is 1. The number of hydrogen-bond donors (Lipinski definition) is 2. The summed E-state index contributed by atoms with van der Waals surface area (Å²) in [7, 11) is 0. The first-order valence-electron chi connectivity index (χ1n) is 3.17. The van der Waals surface area contributed by atoms with Gasteiger partial charge in [0.2, 0.25) is 0 Å². The van der Waals surface area contributed by atoms with Crippen LogP contribution in [-0.4, -0.2) is 34.3 Å². The van der Waals surface area contributed by atoms with E-state index in [1.165, 1.54) is 0 Å². The van der Waals surface area contributed by atoms with Crippen LogP contribution in [0.4, 0.5) is 0 Å². The highest BCUT2D eigenvalue weighted by Crippen LogP contribution is 2.29. The third-order valence-corrected chi connectivity index (χ3v) is 3.01. The lowest BCUT2D eigenvalue weighted by Gasteiger charge is -2.09. The molecule has 58 valence electrons. The van der Waals surface area contributed by atoms with E-state index < -0.39 is 5.97 Å². The Bertz CT molecular complexity index is 137. The van der Waals surface area contributed by atoms with Crippen LogP contribution in [0.5, 0.6) is 0 Å². The second-order valence-electron chi connectivity index (χ2n) is 2.42. The highest BCUT2D eigenvalue weighted by molar-refractivity contribution is 7.99. The van der Waals surface area contributed by atoms with Crippen LogP contribution < -0.4 is 0 Å². The third-order valence-electron chi connectivity index (χ3n) is 1.75. The van der Waals surface area contributed by atoms with Crippen molar-refractivity contribution in [3.8, 4) is 0 Å². The van der Waals surface area contributed by atoms with Gasteiger partial charge in [-0.15, -0.1) is 0 Å². The number of carboxylic acids is 1. The maximum absolute atomic E-state index is 10.4. The van der Waals surface area contributed by atoms with Crippen LogP contribution >= 0.6 is 11.8 Å². The summed E-state index contributed by atoms with van der Waals surface area (Å²) in [6.07, 6.45) is 0. The highest BCUT2D eigenvalue weighted by atomic mass is 32.2. The predicted molar refractivity (Wildman–Crippen MR) is 39.0 cm³/mol. The van der Waals surface area contributed by atoms with Gasteiger partial charge in [-0.2, -0.15) is 11.8 Å². The topological polar surface area (TPSA) is 57.5 Å². The second-order valence-corrected chi connectivity index (χ2v) is 3.50. The van der Waals surface area contributed by atoms with Crippen LogP contribution in [-0.2, 0) is 4.79 Å². The van der Waals surface area contributed by atoms with Gasteiger partial charge in [-0.3, -0.25) is 4.79 Å². The molecule has 0 bridgehead atoms. The van der Waals surface area contributed by atoms with E-state index in [9.17, 15) is 4.79 Å². The second kappa shape index (κ2) is 3.25. The Hall–Kier alpha value is -0.220. The number of aliphatic hydroxyl groups excluding tert-OH is 1. The summed E-state index contributed by atoms with van der Waals surface area (Å²) in [6.45, 7) is 0.00394. The van der Waals surface area contributed by atoms with Crippen molar-refractivity contribution >= 4 is 17.7 Å². The van der Waals surface area contributed by atoms with Gasteiger partial charge < -0.3 is 10.2 Å². The molecule has 0 aromatic heterocycles. The molecule has 3 nitrogen and oxygen atoms in total. The average Bonchev–Trinajstić information content (AvgIpc) is 2.33. The molecule has 1 saturated heterocycles. The molecule has 0 spiro atoms. The smallest absolute Gasteiger partial charge is 0.307 e. The Morgan fingerprint density at radius 2 is 2.30 bits per heavy atom. The molecule has 1 rings (SSSR count). The van der Waals surface area contributed by atoms with E-state index in [2.05, 4.69) is 0 Å². The van der Waals surface area contributed by atoms with Gasteiger partial charge in [-0.1, -0.05) is 0 Å². The van der Waals surface area contributed by atoms with Gasteiger partial charge in [-0.05, 0) is 5.75 Å². The molecule has 0 aromatic rings. The van der Waals surface area contributed by atoms with Gasteiger partial charge in [0.1, 0.15) is 0 Å². The molecular weight excluding hydrogens is 152 g/mol. The fraction of sp³-hybridized carbons (Fsp3) is 0.833. The van der Waals surface area contributed by atoms with E-state index in [4.69, 9.17) is 10.2 Å². The van der Waals surface area contributed by atoms with Crippen molar-refractivity contribution < 1.29 is 15.0 Å². The van der Waals surface area contributed by atoms with E-state index in [1.807, 2.05) is 0 Å². The molecular formula is C6H10O3S. The Balaban J connectivity index is 2.50. The van der Waals surface area contributed by atoms with Crippen molar-refractivity contribution in [3.63, 3.8) is 0 Å². The molecule has 1 fully saturated rings. The fourth-order valence-corrected chi connectivity index (χ4v) is 2.50. The van der Waals surface area contributed by atoms with Crippen LogP contribution in [0, 0.1) is 11.8 Å². The summed E-state index contributed by atoms with van der Waals surface area (Å²) in [5.41, 5.74) is 0. The number of thioether (sulfide) groups is 1. The van der Waals surface area contributed by atoms with Crippen LogP contribution in [0.3, 0.4) is 0 Å². The zero-order valence-corrected chi connectivity index (χ0v) is 6.30. The van der Waals surface area contributed by atoms with E-state index in [0.717, 1.165) is 5.75 Å². The number of rotatable bonds is 2. The lowest BCUT2D eigenvalue weighted by molar-refractivity contribution is -0.142. The lowest BCUT2D eigenvalue weighted by Crippen LogP contribution is -2.24. The normalized spacial score (nSPS) is 32.5. The molecule has 0 unspecified atom stereocenters. The molecule has 0 amide bonds. The van der Waals surface area contributed by atoms with Crippen LogP contribution in [0.15, 0.2) is 0 Å². The van der Waals surface area contributed by atoms with Crippen molar-refractivity contribution in [2.45, 2.75) is 0 Å².